The number of benzene rings is 1. The lowest BCUT2D eigenvalue weighted by molar-refractivity contribution is 0.292. The van der Waals surface area contributed by atoms with Gasteiger partial charge in [0.1, 0.15) is 9.88 Å². The van der Waals surface area contributed by atoms with Crippen molar-refractivity contribution in [2.24, 2.45) is 0 Å². The van der Waals surface area contributed by atoms with Crippen LogP contribution in [0.1, 0.15) is 38.4 Å². The van der Waals surface area contributed by atoms with Crippen molar-refractivity contribution in [1.82, 2.24) is 15.2 Å². The normalized spacial score (nSPS) is 11.7. The second-order valence-electron chi connectivity index (χ2n) is 7.18. The van der Waals surface area contributed by atoms with E-state index < -0.39 is 0 Å². The minimum Gasteiger partial charge on any atom is -0.402 e. The summed E-state index contributed by atoms with van der Waals surface area (Å²) < 4.78 is 5.67. The largest absolute Gasteiger partial charge is 0.402 e. The summed E-state index contributed by atoms with van der Waals surface area (Å²) >= 11 is 1.55. The smallest absolute Gasteiger partial charge is 0.315 e. The van der Waals surface area contributed by atoms with Gasteiger partial charge in [-0.25, -0.2) is 4.98 Å². The van der Waals surface area contributed by atoms with Crippen molar-refractivity contribution in [3.8, 4) is 21.3 Å². The minimum atomic E-state index is 0.124. The third-order valence-corrected chi connectivity index (χ3v) is 5.22. The molecule has 6 nitrogen and oxygen atoms in total. The average molecular weight is 372 g/mol. The summed E-state index contributed by atoms with van der Waals surface area (Å²) in [6.45, 7) is 9.27. The molecule has 0 saturated carbocycles. The number of rotatable bonds is 6. The molecule has 0 saturated heterocycles. The summed E-state index contributed by atoms with van der Waals surface area (Å²) in [4.78, 5) is 5.55. The van der Waals surface area contributed by atoms with Gasteiger partial charge in [0.15, 0.2) is 0 Å². The summed E-state index contributed by atoms with van der Waals surface area (Å²) in [6, 6.07) is 8.89. The number of hydrogen-bond donors (Lipinski definition) is 2. The Morgan fingerprint density at radius 1 is 1.15 bits per heavy atom. The third-order valence-electron chi connectivity index (χ3n) is 4.02. The second kappa shape index (κ2) is 7.55. The summed E-state index contributed by atoms with van der Waals surface area (Å²) in [5.74, 6) is 0.462. The van der Waals surface area contributed by atoms with Gasteiger partial charge in [-0.2, -0.15) is 0 Å². The molecular formula is C19H24N4O2S. The number of aryl methyl sites for hydroxylation is 1. The number of aliphatic hydroxyl groups is 1. The Morgan fingerprint density at radius 2 is 1.88 bits per heavy atom. The first-order valence-corrected chi connectivity index (χ1v) is 9.47. The van der Waals surface area contributed by atoms with E-state index in [0.29, 0.717) is 24.9 Å². The maximum absolute atomic E-state index is 8.82. The van der Waals surface area contributed by atoms with Crippen LogP contribution in [0.25, 0.3) is 21.3 Å². The molecule has 0 unspecified atom stereocenters. The van der Waals surface area contributed by atoms with E-state index in [1.165, 1.54) is 5.56 Å². The molecule has 138 valence electrons. The number of nitrogens with one attached hydrogen (secondary N) is 1. The van der Waals surface area contributed by atoms with Gasteiger partial charge in [0.05, 0.1) is 5.69 Å². The van der Waals surface area contributed by atoms with Crippen LogP contribution >= 0.6 is 11.3 Å². The SMILES string of the molecule is Cc1nc(-c2ccc(C(C)(C)C)cc2)sc1-c1nnc(NCCCO)o1. The zero-order valence-electron chi connectivity index (χ0n) is 15.5. The summed E-state index contributed by atoms with van der Waals surface area (Å²) in [5, 5.41) is 20.9. The van der Waals surface area contributed by atoms with Crippen molar-refractivity contribution in [2.75, 3.05) is 18.5 Å². The van der Waals surface area contributed by atoms with E-state index in [1.54, 1.807) is 11.3 Å². The summed E-state index contributed by atoms with van der Waals surface area (Å²) in [7, 11) is 0. The van der Waals surface area contributed by atoms with E-state index in [1.807, 2.05) is 6.92 Å². The topological polar surface area (TPSA) is 84.1 Å². The summed E-state index contributed by atoms with van der Waals surface area (Å²) in [6.07, 6.45) is 0.631. The zero-order chi connectivity index (χ0) is 18.7. The van der Waals surface area contributed by atoms with E-state index in [4.69, 9.17) is 9.52 Å². The van der Waals surface area contributed by atoms with Crippen molar-refractivity contribution in [1.29, 1.82) is 0 Å². The molecule has 0 radical (unpaired) electrons. The Labute approximate surface area is 157 Å². The van der Waals surface area contributed by atoms with Gasteiger partial charge in [-0.15, -0.1) is 16.4 Å². The highest BCUT2D eigenvalue weighted by molar-refractivity contribution is 7.18. The molecule has 3 rings (SSSR count). The maximum atomic E-state index is 8.82. The molecule has 1 aromatic carbocycles. The number of thiazole rings is 1. The molecule has 0 amide bonds. The highest BCUT2D eigenvalue weighted by Crippen LogP contribution is 2.35. The van der Waals surface area contributed by atoms with Crippen LogP contribution in [0.3, 0.4) is 0 Å². The number of hydrogen-bond acceptors (Lipinski definition) is 7. The fourth-order valence-corrected chi connectivity index (χ4v) is 3.48. The standard InChI is InChI=1S/C19H24N4O2S/c1-12-15(16-22-23-18(25-16)20-10-5-11-24)26-17(21-12)13-6-8-14(9-7-13)19(2,3)4/h6-9,24H,5,10-11H2,1-4H3,(H,20,23). The Kier molecular flexibility index (Phi) is 5.38. The van der Waals surface area contributed by atoms with Crippen molar-refractivity contribution in [2.45, 2.75) is 39.5 Å². The minimum absolute atomic E-state index is 0.124. The van der Waals surface area contributed by atoms with Crippen molar-refractivity contribution >= 4 is 17.4 Å². The van der Waals surface area contributed by atoms with Crippen LogP contribution in [-0.4, -0.2) is 33.4 Å². The lowest BCUT2D eigenvalue weighted by atomic mass is 9.87. The molecule has 26 heavy (non-hydrogen) atoms. The van der Waals surface area contributed by atoms with Gasteiger partial charge < -0.3 is 14.8 Å². The molecule has 0 atom stereocenters. The van der Waals surface area contributed by atoms with Gasteiger partial charge in [-0.05, 0) is 24.3 Å². The van der Waals surface area contributed by atoms with Gasteiger partial charge in [0, 0.05) is 18.7 Å². The van der Waals surface area contributed by atoms with Crippen molar-refractivity contribution in [3.05, 3.63) is 35.5 Å². The van der Waals surface area contributed by atoms with Gasteiger partial charge in [0.25, 0.3) is 5.89 Å². The van der Waals surface area contributed by atoms with E-state index in [2.05, 4.69) is 65.5 Å². The molecule has 7 heteroatoms. The van der Waals surface area contributed by atoms with Gasteiger partial charge >= 0.3 is 6.01 Å². The number of aliphatic hydroxyl groups excluding tert-OH is 1. The maximum Gasteiger partial charge on any atom is 0.315 e. The predicted molar refractivity (Wildman–Crippen MR) is 104 cm³/mol. The van der Waals surface area contributed by atoms with E-state index in [9.17, 15) is 0 Å². The van der Waals surface area contributed by atoms with Gasteiger partial charge in [0.2, 0.25) is 0 Å². The lowest BCUT2D eigenvalue weighted by Gasteiger charge is -2.18. The monoisotopic (exact) mass is 372 g/mol. The summed E-state index contributed by atoms with van der Waals surface area (Å²) in [5.41, 5.74) is 3.38. The van der Waals surface area contributed by atoms with E-state index >= 15 is 0 Å². The van der Waals surface area contributed by atoms with Crippen molar-refractivity contribution < 1.29 is 9.52 Å². The molecule has 0 aliphatic rings. The van der Waals surface area contributed by atoms with Crippen molar-refractivity contribution in [3.63, 3.8) is 0 Å². The fraction of sp³-hybridized carbons (Fsp3) is 0.421. The molecule has 0 aliphatic heterocycles. The molecule has 3 aromatic rings. The third kappa shape index (κ3) is 4.11. The highest BCUT2D eigenvalue weighted by atomic mass is 32.1. The van der Waals surface area contributed by atoms with Crippen LogP contribution in [0.4, 0.5) is 6.01 Å². The Balaban J connectivity index is 1.81. The van der Waals surface area contributed by atoms with Crippen LogP contribution in [0.2, 0.25) is 0 Å². The molecule has 2 N–H and O–H groups in total. The molecular weight excluding hydrogens is 348 g/mol. The zero-order valence-corrected chi connectivity index (χ0v) is 16.4. The Morgan fingerprint density at radius 3 is 2.54 bits per heavy atom. The van der Waals surface area contributed by atoms with Crippen LogP contribution in [0.15, 0.2) is 28.7 Å². The quantitative estimate of drug-likeness (QED) is 0.629. The van der Waals surface area contributed by atoms with Gasteiger partial charge in [-0.1, -0.05) is 50.1 Å². The number of nitrogens with zero attached hydrogens (tertiary/aromatic N) is 3. The fourth-order valence-electron chi connectivity index (χ4n) is 2.49. The first kappa shape index (κ1) is 18.5. The molecule has 0 spiro atoms. The first-order valence-electron chi connectivity index (χ1n) is 8.65. The Bertz CT molecular complexity index is 863. The van der Waals surface area contributed by atoms with E-state index in [-0.39, 0.29) is 12.0 Å². The molecule has 2 aromatic heterocycles. The van der Waals surface area contributed by atoms with Crippen LogP contribution in [-0.2, 0) is 5.41 Å². The predicted octanol–water partition coefficient (Wildman–Crippen LogP) is 4.26. The van der Waals surface area contributed by atoms with Crippen LogP contribution in [0, 0.1) is 6.92 Å². The molecule has 2 heterocycles. The van der Waals surface area contributed by atoms with Gasteiger partial charge in [-0.3, -0.25) is 0 Å². The number of aromatic nitrogens is 3. The lowest BCUT2D eigenvalue weighted by Crippen LogP contribution is -2.10. The molecule has 0 aliphatic carbocycles. The highest BCUT2D eigenvalue weighted by Gasteiger charge is 2.18. The second-order valence-corrected chi connectivity index (χ2v) is 8.18. The van der Waals surface area contributed by atoms with Crippen LogP contribution < -0.4 is 5.32 Å². The average Bonchev–Trinajstić information content (AvgIpc) is 3.21. The first-order chi connectivity index (χ1) is 12.4. The molecule has 0 fully saturated rings. The van der Waals surface area contributed by atoms with Crippen LogP contribution in [0.5, 0.6) is 0 Å². The Hall–Kier alpha value is -2.25. The number of anilines is 1. The molecule has 0 bridgehead atoms. The van der Waals surface area contributed by atoms with E-state index in [0.717, 1.165) is 21.1 Å².